The largest absolute Gasteiger partial charge is 0.487 e. The number of morpholine rings is 1. The normalized spacial score (nSPS) is 17.4. The topological polar surface area (TPSA) is 137 Å². The molecule has 11 nitrogen and oxygen atoms in total. The van der Waals surface area contributed by atoms with Crippen LogP contribution in [0.5, 0.6) is 5.75 Å². The molecule has 1 aromatic carbocycles. The number of nitrogens with one attached hydrogen (secondary N) is 1. The Balaban J connectivity index is 1.26. The number of rotatable bonds is 7. The molecule has 37 heavy (non-hydrogen) atoms. The van der Waals surface area contributed by atoms with Crippen LogP contribution in [-0.2, 0) is 9.53 Å². The van der Waals surface area contributed by atoms with Gasteiger partial charge in [0.25, 0.3) is 0 Å². The third-order valence-corrected chi connectivity index (χ3v) is 6.32. The average molecular weight is 502 g/mol. The van der Waals surface area contributed by atoms with Crippen molar-refractivity contribution in [3.05, 3.63) is 54.4 Å². The third kappa shape index (κ3) is 5.77. The van der Waals surface area contributed by atoms with Crippen LogP contribution in [0, 0.1) is 11.3 Å². The van der Waals surface area contributed by atoms with E-state index in [1.807, 2.05) is 18.2 Å². The number of hydrogen-bond donors (Lipinski definition) is 2. The predicted molar refractivity (Wildman–Crippen MR) is 135 cm³/mol. The van der Waals surface area contributed by atoms with Crippen molar-refractivity contribution in [2.24, 2.45) is 0 Å². The van der Waals surface area contributed by atoms with Crippen LogP contribution in [0.4, 0.5) is 17.5 Å². The van der Waals surface area contributed by atoms with Crippen LogP contribution in [0.25, 0.3) is 11.3 Å². The van der Waals surface area contributed by atoms with Crippen molar-refractivity contribution in [2.75, 3.05) is 56.2 Å². The molecule has 2 saturated heterocycles. The summed E-state index contributed by atoms with van der Waals surface area (Å²) >= 11 is 0. The van der Waals surface area contributed by atoms with Gasteiger partial charge in [0.2, 0.25) is 11.9 Å². The Bertz CT molecular complexity index is 1290. The van der Waals surface area contributed by atoms with Crippen LogP contribution in [0.15, 0.2) is 48.8 Å². The maximum absolute atomic E-state index is 11.7. The summed E-state index contributed by atoms with van der Waals surface area (Å²) in [5.41, 5.74) is 2.54. The molecule has 3 aromatic rings. The van der Waals surface area contributed by atoms with E-state index in [1.165, 1.54) is 0 Å². The number of nitriles is 1. The SMILES string of the molecule is N#Cc1cc(-c2ccnc(Nc3ccc(N4CCOCC4)nc3)n2)ccc1OC1CCN(C(=O)CO)C1. The highest BCUT2D eigenvalue weighted by Crippen LogP contribution is 2.28. The molecule has 1 unspecified atom stereocenters. The van der Waals surface area contributed by atoms with Gasteiger partial charge in [-0.3, -0.25) is 4.79 Å². The van der Waals surface area contributed by atoms with Crippen LogP contribution in [0.1, 0.15) is 12.0 Å². The van der Waals surface area contributed by atoms with Gasteiger partial charge in [-0.25, -0.2) is 15.0 Å². The zero-order chi connectivity index (χ0) is 25.6. The number of aliphatic hydroxyl groups is 1. The quantitative estimate of drug-likeness (QED) is 0.494. The van der Waals surface area contributed by atoms with Crippen molar-refractivity contribution in [1.29, 1.82) is 5.26 Å². The summed E-state index contributed by atoms with van der Waals surface area (Å²) in [5.74, 6) is 1.45. The highest BCUT2D eigenvalue weighted by atomic mass is 16.5. The van der Waals surface area contributed by atoms with Crippen molar-refractivity contribution in [3.63, 3.8) is 0 Å². The molecule has 5 rings (SSSR count). The monoisotopic (exact) mass is 501 g/mol. The van der Waals surface area contributed by atoms with Gasteiger partial charge < -0.3 is 29.7 Å². The van der Waals surface area contributed by atoms with Crippen LogP contribution < -0.4 is 15.0 Å². The average Bonchev–Trinajstić information content (AvgIpc) is 3.42. The van der Waals surface area contributed by atoms with E-state index in [-0.39, 0.29) is 12.0 Å². The second-order valence-corrected chi connectivity index (χ2v) is 8.74. The number of ether oxygens (including phenoxy) is 2. The lowest BCUT2D eigenvalue weighted by atomic mass is 10.1. The van der Waals surface area contributed by atoms with Gasteiger partial charge in [0.05, 0.1) is 42.9 Å². The van der Waals surface area contributed by atoms with E-state index in [9.17, 15) is 10.1 Å². The Hall–Kier alpha value is -4.27. The molecular formula is C26H27N7O4. The molecule has 2 fully saturated rings. The van der Waals surface area contributed by atoms with Gasteiger partial charge in [-0.2, -0.15) is 5.26 Å². The summed E-state index contributed by atoms with van der Waals surface area (Å²) in [6.07, 6.45) is 3.81. The summed E-state index contributed by atoms with van der Waals surface area (Å²) in [5, 5.41) is 22.0. The Labute approximate surface area is 214 Å². The minimum absolute atomic E-state index is 0.230. The van der Waals surface area contributed by atoms with Gasteiger partial charge in [0.15, 0.2) is 0 Å². The molecule has 0 radical (unpaired) electrons. The number of hydrogen-bond acceptors (Lipinski definition) is 10. The van der Waals surface area contributed by atoms with E-state index in [0.29, 0.717) is 55.7 Å². The number of nitrogens with zero attached hydrogens (tertiary/aromatic N) is 6. The molecule has 0 aliphatic carbocycles. The zero-order valence-corrected chi connectivity index (χ0v) is 20.2. The van der Waals surface area contributed by atoms with Gasteiger partial charge >= 0.3 is 0 Å². The fourth-order valence-corrected chi connectivity index (χ4v) is 4.36. The second kappa shape index (κ2) is 11.2. The summed E-state index contributed by atoms with van der Waals surface area (Å²) < 4.78 is 11.4. The van der Waals surface area contributed by atoms with Crippen LogP contribution in [0.3, 0.4) is 0 Å². The van der Waals surface area contributed by atoms with Crippen molar-refractivity contribution >= 4 is 23.4 Å². The standard InChI is InChI=1S/C26H27N7O4/c27-14-19-13-18(1-3-23(19)37-21-6-8-33(16-21)25(35)17-34)22-5-7-28-26(31-22)30-20-2-4-24(29-15-20)32-9-11-36-12-10-32/h1-5,7,13,15,21,34H,6,8-12,16-17H2,(H,28,30,31). The van der Waals surface area contributed by atoms with E-state index in [0.717, 1.165) is 30.2 Å². The van der Waals surface area contributed by atoms with E-state index in [1.54, 1.807) is 35.5 Å². The number of benzene rings is 1. The van der Waals surface area contributed by atoms with Crippen molar-refractivity contribution in [2.45, 2.75) is 12.5 Å². The first kappa shape index (κ1) is 24.4. The lowest BCUT2D eigenvalue weighted by molar-refractivity contribution is -0.133. The summed E-state index contributed by atoms with van der Waals surface area (Å²) in [6, 6.07) is 13.2. The zero-order valence-electron chi connectivity index (χ0n) is 20.2. The molecule has 1 atom stereocenters. The van der Waals surface area contributed by atoms with Crippen molar-refractivity contribution in [1.82, 2.24) is 19.9 Å². The molecule has 2 N–H and O–H groups in total. The van der Waals surface area contributed by atoms with E-state index in [2.05, 4.69) is 31.2 Å². The Morgan fingerprint density at radius 3 is 2.81 bits per heavy atom. The lowest BCUT2D eigenvalue weighted by Crippen LogP contribution is -2.36. The summed E-state index contributed by atoms with van der Waals surface area (Å²) in [6.45, 7) is 3.43. The number of amides is 1. The minimum atomic E-state index is -0.517. The highest BCUT2D eigenvalue weighted by molar-refractivity contribution is 5.77. The number of pyridine rings is 1. The van der Waals surface area contributed by atoms with Crippen LogP contribution >= 0.6 is 0 Å². The van der Waals surface area contributed by atoms with Crippen molar-refractivity contribution < 1.29 is 19.4 Å². The molecule has 0 spiro atoms. The minimum Gasteiger partial charge on any atom is -0.487 e. The molecule has 2 aliphatic rings. The van der Waals surface area contributed by atoms with Gasteiger partial charge in [-0.15, -0.1) is 0 Å². The second-order valence-electron chi connectivity index (χ2n) is 8.74. The number of carbonyl (C=O) groups excluding carboxylic acids is 1. The van der Waals surface area contributed by atoms with Gasteiger partial charge in [-0.05, 0) is 36.4 Å². The van der Waals surface area contributed by atoms with E-state index >= 15 is 0 Å². The fraction of sp³-hybridized carbons (Fsp3) is 0.346. The molecule has 1 amide bonds. The highest BCUT2D eigenvalue weighted by Gasteiger charge is 2.27. The number of aliphatic hydroxyl groups excluding tert-OH is 1. The molecular weight excluding hydrogens is 474 g/mol. The number of anilines is 3. The third-order valence-electron chi connectivity index (χ3n) is 6.32. The van der Waals surface area contributed by atoms with Gasteiger partial charge in [0.1, 0.15) is 30.3 Å². The maximum atomic E-state index is 11.7. The first-order valence-electron chi connectivity index (χ1n) is 12.1. The summed E-state index contributed by atoms with van der Waals surface area (Å²) in [7, 11) is 0. The first-order valence-corrected chi connectivity index (χ1v) is 12.1. The smallest absolute Gasteiger partial charge is 0.248 e. The van der Waals surface area contributed by atoms with Gasteiger partial charge in [0, 0.05) is 37.8 Å². The Morgan fingerprint density at radius 2 is 2.05 bits per heavy atom. The molecule has 4 heterocycles. The Kier molecular flexibility index (Phi) is 7.39. The number of likely N-dealkylation sites (tertiary alicyclic amines) is 1. The van der Waals surface area contributed by atoms with Crippen LogP contribution in [0.2, 0.25) is 0 Å². The first-order chi connectivity index (χ1) is 18.1. The predicted octanol–water partition coefficient (Wildman–Crippen LogP) is 1.96. The lowest BCUT2D eigenvalue weighted by Gasteiger charge is -2.27. The number of aromatic nitrogens is 3. The Morgan fingerprint density at radius 1 is 1.19 bits per heavy atom. The van der Waals surface area contributed by atoms with E-state index in [4.69, 9.17) is 14.6 Å². The fourth-order valence-electron chi connectivity index (χ4n) is 4.36. The number of carbonyl (C=O) groups is 1. The molecule has 2 aromatic heterocycles. The maximum Gasteiger partial charge on any atom is 0.248 e. The molecule has 0 bridgehead atoms. The summed E-state index contributed by atoms with van der Waals surface area (Å²) in [4.78, 5) is 28.9. The van der Waals surface area contributed by atoms with E-state index < -0.39 is 6.61 Å². The molecule has 11 heteroatoms. The molecule has 2 aliphatic heterocycles. The van der Waals surface area contributed by atoms with Crippen LogP contribution in [-0.4, -0.2) is 83.0 Å². The van der Waals surface area contributed by atoms with Gasteiger partial charge in [-0.1, -0.05) is 0 Å². The van der Waals surface area contributed by atoms with Crippen molar-refractivity contribution in [3.8, 4) is 23.1 Å². The molecule has 0 saturated carbocycles. The molecule has 190 valence electrons.